The summed E-state index contributed by atoms with van der Waals surface area (Å²) in [7, 11) is 1.67. The van der Waals surface area contributed by atoms with Crippen molar-refractivity contribution < 1.29 is 9.47 Å². The van der Waals surface area contributed by atoms with Crippen LogP contribution in [0.2, 0.25) is 0 Å². The van der Waals surface area contributed by atoms with E-state index in [1.807, 2.05) is 42.5 Å². The quantitative estimate of drug-likeness (QED) is 0.420. The molecule has 3 rings (SSSR count). The van der Waals surface area contributed by atoms with Gasteiger partial charge in [-0.3, -0.25) is 0 Å². The van der Waals surface area contributed by atoms with Gasteiger partial charge < -0.3 is 14.0 Å². The van der Waals surface area contributed by atoms with Crippen LogP contribution in [0.5, 0.6) is 11.5 Å². The molecule has 0 aliphatic carbocycles. The molecule has 0 fully saturated rings. The van der Waals surface area contributed by atoms with E-state index in [1.165, 1.54) is 5.56 Å². The zero-order valence-corrected chi connectivity index (χ0v) is 15.9. The Hall–Kier alpha value is -2.47. The molecule has 136 valence electrons. The zero-order valence-electron chi connectivity index (χ0n) is 15.1. The van der Waals surface area contributed by atoms with Gasteiger partial charge in [0.2, 0.25) is 0 Å². The number of thioether (sulfide) groups is 1. The Morgan fingerprint density at radius 2 is 1.73 bits per heavy atom. The Bertz CT molecular complexity index is 804. The van der Waals surface area contributed by atoms with Crippen LogP contribution in [0.15, 0.2) is 59.8 Å². The Morgan fingerprint density at radius 1 is 0.962 bits per heavy atom. The first-order valence-corrected chi connectivity index (χ1v) is 9.64. The summed E-state index contributed by atoms with van der Waals surface area (Å²) in [6.07, 6.45) is 0.756. The third-order valence-electron chi connectivity index (χ3n) is 3.96. The van der Waals surface area contributed by atoms with E-state index in [0.717, 1.165) is 41.2 Å². The summed E-state index contributed by atoms with van der Waals surface area (Å²) < 4.78 is 13.1. The predicted molar refractivity (Wildman–Crippen MR) is 104 cm³/mol. The van der Waals surface area contributed by atoms with Crippen molar-refractivity contribution in [1.29, 1.82) is 0 Å². The molecular weight excluding hydrogens is 346 g/mol. The molecule has 0 amide bonds. The van der Waals surface area contributed by atoms with Gasteiger partial charge in [0.1, 0.15) is 17.3 Å². The van der Waals surface area contributed by atoms with Gasteiger partial charge in [0, 0.05) is 18.7 Å². The number of benzene rings is 2. The van der Waals surface area contributed by atoms with Gasteiger partial charge in [0.05, 0.1) is 13.7 Å². The Balaban J connectivity index is 1.56. The number of hydrogen-bond donors (Lipinski definition) is 0. The van der Waals surface area contributed by atoms with Crippen molar-refractivity contribution in [2.45, 2.75) is 25.0 Å². The molecule has 6 heteroatoms. The third-order valence-corrected chi connectivity index (χ3v) is 4.89. The van der Waals surface area contributed by atoms with Crippen LogP contribution >= 0.6 is 11.8 Å². The molecule has 2 aromatic carbocycles. The maximum absolute atomic E-state index is 5.74. The van der Waals surface area contributed by atoms with E-state index in [2.05, 4.69) is 33.8 Å². The number of aromatic nitrogens is 3. The lowest BCUT2D eigenvalue weighted by atomic mass is 10.1. The molecule has 0 spiro atoms. The molecule has 0 aliphatic heterocycles. The molecule has 26 heavy (non-hydrogen) atoms. The highest BCUT2D eigenvalue weighted by Crippen LogP contribution is 2.20. The van der Waals surface area contributed by atoms with Gasteiger partial charge in [-0.25, -0.2) is 0 Å². The van der Waals surface area contributed by atoms with Crippen molar-refractivity contribution in [3.8, 4) is 11.5 Å². The van der Waals surface area contributed by atoms with Gasteiger partial charge in [-0.1, -0.05) is 42.1 Å². The number of hydrogen-bond acceptors (Lipinski definition) is 5. The maximum Gasteiger partial charge on any atom is 0.191 e. The lowest BCUT2D eigenvalue weighted by Gasteiger charge is -2.08. The second kappa shape index (κ2) is 9.29. The van der Waals surface area contributed by atoms with Crippen LogP contribution in [0.3, 0.4) is 0 Å². The van der Waals surface area contributed by atoms with Crippen molar-refractivity contribution in [2.24, 2.45) is 0 Å². The molecule has 3 aromatic rings. The number of ether oxygens (including phenoxy) is 2. The SMILES string of the molecule is CCn1c(Cc2ccc(OC)cc2)nnc1SCCOc1ccccc1. The van der Waals surface area contributed by atoms with Crippen molar-refractivity contribution >= 4 is 11.8 Å². The van der Waals surface area contributed by atoms with Crippen LogP contribution in [-0.4, -0.2) is 34.2 Å². The standard InChI is InChI=1S/C20H23N3O2S/c1-3-23-19(15-16-9-11-17(24-2)12-10-16)21-22-20(23)26-14-13-25-18-7-5-4-6-8-18/h4-12H,3,13-15H2,1-2H3. The number of para-hydroxylation sites is 1. The van der Waals surface area contributed by atoms with Crippen LogP contribution in [0, 0.1) is 0 Å². The Morgan fingerprint density at radius 3 is 2.42 bits per heavy atom. The Kier molecular flexibility index (Phi) is 6.55. The van der Waals surface area contributed by atoms with Crippen molar-refractivity contribution in [3.05, 3.63) is 66.0 Å². The van der Waals surface area contributed by atoms with E-state index in [4.69, 9.17) is 9.47 Å². The Labute approximate surface area is 158 Å². The number of rotatable bonds is 9. The molecule has 1 heterocycles. The maximum atomic E-state index is 5.74. The molecule has 0 unspecified atom stereocenters. The second-order valence-electron chi connectivity index (χ2n) is 5.68. The summed E-state index contributed by atoms with van der Waals surface area (Å²) in [6.45, 7) is 3.60. The highest BCUT2D eigenvalue weighted by atomic mass is 32.2. The topological polar surface area (TPSA) is 49.2 Å². The van der Waals surface area contributed by atoms with Crippen molar-refractivity contribution in [2.75, 3.05) is 19.5 Å². The average Bonchev–Trinajstić information content (AvgIpc) is 3.08. The third kappa shape index (κ3) is 4.79. The second-order valence-corrected chi connectivity index (χ2v) is 6.74. The van der Waals surface area contributed by atoms with Gasteiger partial charge in [0.25, 0.3) is 0 Å². The normalized spacial score (nSPS) is 10.7. The summed E-state index contributed by atoms with van der Waals surface area (Å²) in [4.78, 5) is 0. The fourth-order valence-corrected chi connectivity index (χ4v) is 3.45. The van der Waals surface area contributed by atoms with Gasteiger partial charge in [-0.05, 0) is 36.8 Å². The minimum Gasteiger partial charge on any atom is -0.497 e. The van der Waals surface area contributed by atoms with Gasteiger partial charge in [-0.2, -0.15) is 0 Å². The van der Waals surface area contributed by atoms with Gasteiger partial charge in [0.15, 0.2) is 5.16 Å². The monoisotopic (exact) mass is 369 g/mol. The largest absolute Gasteiger partial charge is 0.497 e. The van der Waals surface area contributed by atoms with Gasteiger partial charge in [-0.15, -0.1) is 10.2 Å². The van der Waals surface area contributed by atoms with E-state index >= 15 is 0 Å². The molecule has 0 atom stereocenters. The van der Waals surface area contributed by atoms with Crippen LogP contribution < -0.4 is 9.47 Å². The molecule has 1 aromatic heterocycles. The van der Waals surface area contributed by atoms with Crippen LogP contribution in [0.25, 0.3) is 0 Å². The van der Waals surface area contributed by atoms with Crippen molar-refractivity contribution in [3.63, 3.8) is 0 Å². The fourth-order valence-electron chi connectivity index (χ4n) is 2.61. The van der Waals surface area contributed by atoms with E-state index in [0.29, 0.717) is 6.61 Å². The number of nitrogens with zero attached hydrogens (tertiary/aromatic N) is 3. The minimum absolute atomic E-state index is 0.638. The highest BCUT2D eigenvalue weighted by Gasteiger charge is 2.12. The smallest absolute Gasteiger partial charge is 0.191 e. The van der Waals surface area contributed by atoms with E-state index < -0.39 is 0 Å². The molecule has 0 saturated carbocycles. The summed E-state index contributed by atoms with van der Waals surface area (Å²) >= 11 is 1.67. The minimum atomic E-state index is 0.638. The van der Waals surface area contributed by atoms with E-state index in [1.54, 1.807) is 18.9 Å². The molecule has 0 aliphatic rings. The molecule has 5 nitrogen and oxygen atoms in total. The average molecular weight is 369 g/mol. The summed E-state index contributed by atoms with van der Waals surface area (Å²) in [6, 6.07) is 17.9. The zero-order chi connectivity index (χ0) is 18.2. The van der Waals surface area contributed by atoms with Crippen LogP contribution in [0.4, 0.5) is 0 Å². The first-order chi connectivity index (χ1) is 12.8. The first kappa shape index (κ1) is 18.3. The van der Waals surface area contributed by atoms with E-state index in [-0.39, 0.29) is 0 Å². The highest BCUT2D eigenvalue weighted by molar-refractivity contribution is 7.99. The number of methoxy groups -OCH3 is 1. The first-order valence-electron chi connectivity index (χ1n) is 8.65. The lowest BCUT2D eigenvalue weighted by molar-refractivity contribution is 0.344. The van der Waals surface area contributed by atoms with E-state index in [9.17, 15) is 0 Å². The fraction of sp³-hybridized carbons (Fsp3) is 0.300. The summed E-state index contributed by atoms with van der Waals surface area (Å²) in [5, 5.41) is 9.68. The summed E-state index contributed by atoms with van der Waals surface area (Å²) in [5.74, 6) is 3.56. The van der Waals surface area contributed by atoms with Crippen molar-refractivity contribution in [1.82, 2.24) is 14.8 Å². The summed E-state index contributed by atoms with van der Waals surface area (Å²) in [5.41, 5.74) is 1.19. The predicted octanol–water partition coefficient (Wildman–Crippen LogP) is 4.07. The molecule has 0 radical (unpaired) electrons. The molecule has 0 saturated heterocycles. The van der Waals surface area contributed by atoms with Gasteiger partial charge >= 0.3 is 0 Å². The van der Waals surface area contributed by atoms with Crippen LogP contribution in [-0.2, 0) is 13.0 Å². The molecular formula is C20H23N3O2S. The molecule has 0 N–H and O–H groups in total. The molecule has 0 bridgehead atoms. The van der Waals surface area contributed by atoms with Crippen LogP contribution in [0.1, 0.15) is 18.3 Å². The lowest BCUT2D eigenvalue weighted by Crippen LogP contribution is -2.06.